The van der Waals surface area contributed by atoms with E-state index in [1.807, 2.05) is 12.1 Å². The topological polar surface area (TPSA) is 70.7 Å². The van der Waals surface area contributed by atoms with E-state index in [2.05, 4.69) is 44.8 Å². The summed E-state index contributed by atoms with van der Waals surface area (Å²) in [6, 6.07) is 12.2. The Morgan fingerprint density at radius 1 is 1.14 bits per heavy atom. The van der Waals surface area contributed by atoms with Gasteiger partial charge in [-0.2, -0.15) is 5.10 Å². The Morgan fingerprint density at radius 3 is 2.76 bits per heavy atom. The van der Waals surface area contributed by atoms with Gasteiger partial charge in [-0.15, -0.1) is 0 Å². The molecule has 1 aliphatic heterocycles. The third kappa shape index (κ3) is 2.07. The molecular formula is C16H14N4O. The van der Waals surface area contributed by atoms with Crippen LogP contribution in [0.2, 0.25) is 0 Å². The summed E-state index contributed by atoms with van der Waals surface area (Å²) in [5, 5.41) is 11.1. The van der Waals surface area contributed by atoms with E-state index in [1.165, 1.54) is 5.56 Å². The summed E-state index contributed by atoms with van der Waals surface area (Å²) < 4.78 is 0. The first-order valence-electron chi connectivity index (χ1n) is 6.97. The first-order valence-corrected chi connectivity index (χ1v) is 6.97. The predicted molar refractivity (Wildman–Crippen MR) is 79.7 cm³/mol. The van der Waals surface area contributed by atoms with Crippen molar-refractivity contribution in [3.05, 3.63) is 48.2 Å². The van der Waals surface area contributed by atoms with Gasteiger partial charge in [0.25, 0.3) is 0 Å². The number of hydrogen-bond acceptors (Lipinski definition) is 3. The van der Waals surface area contributed by atoms with Gasteiger partial charge in [-0.3, -0.25) is 9.89 Å². The Bertz CT molecular complexity index is 807. The highest BCUT2D eigenvalue weighted by atomic mass is 16.1. The van der Waals surface area contributed by atoms with Gasteiger partial charge in [0.2, 0.25) is 5.91 Å². The van der Waals surface area contributed by atoms with Crippen LogP contribution in [0, 0.1) is 0 Å². The average Bonchev–Trinajstić information content (AvgIpc) is 3.14. The van der Waals surface area contributed by atoms with Crippen LogP contribution in [0.5, 0.6) is 0 Å². The molecule has 1 amide bonds. The number of carbonyl (C=O) groups is 1. The highest BCUT2D eigenvalue weighted by molar-refractivity contribution is 5.90. The Hall–Kier alpha value is -2.69. The predicted octanol–water partition coefficient (Wildman–Crippen LogP) is 2.23. The molecule has 0 spiro atoms. The number of nitrogens with one attached hydrogen (secondary N) is 2. The lowest BCUT2D eigenvalue weighted by atomic mass is 9.96. The van der Waals surface area contributed by atoms with Gasteiger partial charge in [-0.25, -0.2) is 4.98 Å². The van der Waals surface area contributed by atoms with Gasteiger partial charge in [-0.05, 0) is 17.7 Å². The molecule has 1 atom stereocenters. The molecule has 104 valence electrons. The van der Waals surface area contributed by atoms with E-state index in [1.54, 1.807) is 6.20 Å². The van der Waals surface area contributed by atoms with E-state index >= 15 is 0 Å². The quantitative estimate of drug-likeness (QED) is 0.755. The Kier molecular flexibility index (Phi) is 2.70. The second kappa shape index (κ2) is 4.70. The average molecular weight is 278 g/mol. The first-order chi connectivity index (χ1) is 10.3. The number of benzene rings is 1. The van der Waals surface area contributed by atoms with Crippen molar-refractivity contribution in [2.45, 2.75) is 12.3 Å². The molecule has 2 aromatic heterocycles. The molecule has 1 fully saturated rings. The van der Waals surface area contributed by atoms with Crippen LogP contribution in [0.3, 0.4) is 0 Å². The lowest BCUT2D eigenvalue weighted by Crippen LogP contribution is -2.13. The van der Waals surface area contributed by atoms with Crippen LogP contribution in [-0.2, 0) is 4.79 Å². The normalized spacial score (nSPS) is 18.1. The number of carbonyl (C=O) groups excluding carboxylic acids is 1. The molecule has 5 heteroatoms. The summed E-state index contributed by atoms with van der Waals surface area (Å²) in [5.41, 5.74) is 3.97. The van der Waals surface area contributed by atoms with Gasteiger partial charge < -0.3 is 5.32 Å². The number of rotatable bonds is 2. The first kappa shape index (κ1) is 12.1. The number of aromatic amines is 1. The Labute approximate surface area is 121 Å². The molecule has 0 bridgehead atoms. The van der Waals surface area contributed by atoms with Crippen molar-refractivity contribution in [2.24, 2.45) is 0 Å². The number of H-pyrrole nitrogens is 1. The van der Waals surface area contributed by atoms with E-state index in [-0.39, 0.29) is 11.8 Å². The fourth-order valence-corrected chi connectivity index (χ4v) is 2.83. The van der Waals surface area contributed by atoms with Crippen molar-refractivity contribution in [3.63, 3.8) is 0 Å². The molecule has 3 heterocycles. The molecule has 3 aromatic rings. The van der Waals surface area contributed by atoms with Crippen molar-refractivity contribution >= 4 is 16.9 Å². The number of pyridine rings is 1. The minimum Gasteiger partial charge on any atom is -0.355 e. The summed E-state index contributed by atoms with van der Waals surface area (Å²) in [6.45, 7) is 0.731. The highest BCUT2D eigenvalue weighted by Crippen LogP contribution is 2.28. The van der Waals surface area contributed by atoms with Crippen LogP contribution in [0.25, 0.3) is 22.3 Å². The number of amides is 1. The smallest absolute Gasteiger partial charge is 0.220 e. The molecule has 0 radical (unpaired) electrons. The molecule has 1 aromatic carbocycles. The van der Waals surface area contributed by atoms with E-state index in [0.29, 0.717) is 6.42 Å². The molecule has 1 unspecified atom stereocenters. The second-order valence-corrected chi connectivity index (χ2v) is 5.30. The lowest BCUT2D eigenvalue weighted by molar-refractivity contribution is -0.119. The molecule has 0 aliphatic carbocycles. The maximum atomic E-state index is 11.3. The largest absolute Gasteiger partial charge is 0.355 e. The van der Waals surface area contributed by atoms with Crippen LogP contribution < -0.4 is 5.32 Å². The summed E-state index contributed by atoms with van der Waals surface area (Å²) >= 11 is 0. The Morgan fingerprint density at radius 2 is 2.00 bits per heavy atom. The number of fused-ring (bicyclic) bond motifs is 1. The summed E-state index contributed by atoms with van der Waals surface area (Å²) in [5.74, 6) is 0.418. The molecule has 2 N–H and O–H groups in total. The van der Waals surface area contributed by atoms with Crippen LogP contribution in [0.4, 0.5) is 0 Å². The SMILES string of the molecule is O=C1CC(c2ccc(-c3[nH]nc4ncccc34)cc2)CN1. The van der Waals surface area contributed by atoms with Gasteiger partial charge in [0, 0.05) is 36.0 Å². The van der Waals surface area contributed by atoms with Crippen LogP contribution in [-0.4, -0.2) is 27.6 Å². The standard InChI is InChI=1S/C16H14N4O/c21-14-8-12(9-18-14)10-3-5-11(6-4-10)15-13-2-1-7-17-16(13)20-19-15/h1-7,12H,8-9H2,(H,18,21)(H,17,19,20). The maximum absolute atomic E-state index is 11.3. The number of nitrogens with zero attached hydrogens (tertiary/aromatic N) is 2. The number of aromatic nitrogens is 3. The van der Waals surface area contributed by atoms with Gasteiger partial charge in [0.05, 0.1) is 5.69 Å². The summed E-state index contributed by atoms with van der Waals surface area (Å²) in [6.07, 6.45) is 2.32. The van der Waals surface area contributed by atoms with Crippen molar-refractivity contribution < 1.29 is 4.79 Å². The zero-order chi connectivity index (χ0) is 14.2. The summed E-state index contributed by atoms with van der Waals surface area (Å²) in [7, 11) is 0. The molecule has 21 heavy (non-hydrogen) atoms. The monoisotopic (exact) mass is 278 g/mol. The minimum atomic E-state index is 0.134. The zero-order valence-electron chi connectivity index (χ0n) is 11.3. The molecule has 5 nitrogen and oxygen atoms in total. The number of hydrogen-bond donors (Lipinski definition) is 2. The molecule has 0 saturated carbocycles. The van der Waals surface area contributed by atoms with Crippen LogP contribution >= 0.6 is 0 Å². The molecule has 4 rings (SSSR count). The van der Waals surface area contributed by atoms with Crippen molar-refractivity contribution in [1.82, 2.24) is 20.5 Å². The van der Waals surface area contributed by atoms with Gasteiger partial charge in [0.15, 0.2) is 5.65 Å². The van der Waals surface area contributed by atoms with Crippen LogP contribution in [0.1, 0.15) is 17.9 Å². The molecular weight excluding hydrogens is 264 g/mol. The molecule has 1 saturated heterocycles. The second-order valence-electron chi connectivity index (χ2n) is 5.30. The third-order valence-corrected chi connectivity index (χ3v) is 3.98. The van der Waals surface area contributed by atoms with Crippen molar-refractivity contribution in [3.8, 4) is 11.3 Å². The summed E-state index contributed by atoms with van der Waals surface area (Å²) in [4.78, 5) is 15.5. The van der Waals surface area contributed by atoms with Crippen molar-refractivity contribution in [2.75, 3.05) is 6.54 Å². The fourth-order valence-electron chi connectivity index (χ4n) is 2.83. The van der Waals surface area contributed by atoms with E-state index < -0.39 is 0 Å². The zero-order valence-corrected chi connectivity index (χ0v) is 11.3. The van der Waals surface area contributed by atoms with Gasteiger partial charge in [-0.1, -0.05) is 24.3 Å². The van der Waals surface area contributed by atoms with Crippen LogP contribution in [0.15, 0.2) is 42.6 Å². The lowest BCUT2D eigenvalue weighted by Gasteiger charge is -2.08. The van der Waals surface area contributed by atoms with E-state index in [0.717, 1.165) is 28.8 Å². The van der Waals surface area contributed by atoms with Gasteiger partial charge >= 0.3 is 0 Å². The van der Waals surface area contributed by atoms with E-state index in [9.17, 15) is 4.79 Å². The Balaban J connectivity index is 1.69. The van der Waals surface area contributed by atoms with Crippen molar-refractivity contribution in [1.29, 1.82) is 0 Å². The minimum absolute atomic E-state index is 0.134. The molecule has 1 aliphatic rings. The van der Waals surface area contributed by atoms with E-state index in [4.69, 9.17) is 0 Å². The fraction of sp³-hybridized carbons (Fsp3) is 0.188. The van der Waals surface area contributed by atoms with Gasteiger partial charge in [0.1, 0.15) is 0 Å². The maximum Gasteiger partial charge on any atom is 0.220 e. The third-order valence-electron chi connectivity index (χ3n) is 3.98. The highest BCUT2D eigenvalue weighted by Gasteiger charge is 2.22.